The highest BCUT2D eigenvalue weighted by atomic mass is 32.1. The predicted molar refractivity (Wildman–Crippen MR) is 95.3 cm³/mol. The Morgan fingerprint density at radius 1 is 1.25 bits per heavy atom. The van der Waals surface area contributed by atoms with Gasteiger partial charge in [-0.1, -0.05) is 24.3 Å². The Labute approximate surface area is 144 Å². The molecule has 2 aromatic heterocycles. The molecule has 1 aliphatic heterocycles. The molecule has 0 spiro atoms. The van der Waals surface area contributed by atoms with Gasteiger partial charge in [-0.05, 0) is 42.0 Å². The second-order valence-corrected chi connectivity index (χ2v) is 7.05. The van der Waals surface area contributed by atoms with Gasteiger partial charge in [0, 0.05) is 23.0 Å². The quantitative estimate of drug-likeness (QED) is 0.783. The molecule has 2 atom stereocenters. The Bertz CT molecular complexity index is 857. The summed E-state index contributed by atoms with van der Waals surface area (Å²) in [4.78, 5) is 19.5. The first-order chi connectivity index (χ1) is 11.8. The van der Waals surface area contributed by atoms with Crippen molar-refractivity contribution in [3.63, 3.8) is 0 Å². The van der Waals surface area contributed by atoms with E-state index in [0.29, 0.717) is 6.42 Å². The lowest BCUT2D eigenvalue weighted by molar-refractivity contribution is -0.142. The number of pyridine rings is 1. The molecule has 1 saturated heterocycles. The van der Waals surface area contributed by atoms with Gasteiger partial charge in [0.1, 0.15) is 6.04 Å². The molecule has 1 aromatic carbocycles. The highest BCUT2D eigenvalue weighted by Crippen LogP contribution is 2.39. The molecular formula is C19H18N2O2S. The first-order valence-corrected chi connectivity index (χ1v) is 8.99. The third-order valence-corrected chi connectivity index (χ3v) is 5.63. The van der Waals surface area contributed by atoms with E-state index in [2.05, 4.69) is 27.4 Å². The molecule has 5 heteroatoms. The fraction of sp³-hybridized carbons (Fsp3) is 0.263. The summed E-state index contributed by atoms with van der Waals surface area (Å²) in [6, 6.07) is 13.8. The van der Waals surface area contributed by atoms with E-state index in [9.17, 15) is 9.90 Å². The molecule has 1 fully saturated rings. The van der Waals surface area contributed by atoms with E-state index in [1.165, 1.54) is 4.88 Å². The first-order valence-electron chi connectivity index (χ1n) is 8.11. The summed E-state index contributed by atoms with van der Waals surface area (Å²) in [5.74, 6) is -0.729. The van der Waals surface area contributed by atoms with Crippen molar-refractivity contribution in [2.45, 2.75) is 24.9 Å². The Morgan fingerprint density at radius 3 is 2.92 bits per heavy atom. The maximum atomic E-state index is 11.7. The van der Waals surface area contributed by atoms with Crippen molar-refractivity contribution in [2.75, 3.05) is 6.54 Å². The number of benzene rings is 1. The zero-order valence-electron chi connectivity index (χ0n) is 13.1. The van der Waals surface area contributed by atoms with Crippen LogP contribution in [0.25, 0.3) is 10.9 Å². The van der Waals surface area contributed by atoms with Gasteiger partial charge < -0.3 is 5.11 Å². The maximum Gasteiger partial charge on any atom is 0.320 e. The molecule has 4 nitrogen and oxygen atoms in total. The topological polar surface area (TPSA) is 53.4 Å². The Balaban J connectivity index is 1.89. The van der Waals surface area contributed by atoms with Crippen LogP contribution in [-0.2, 0) is 4.79 Å². The van der Waals surface area contributed by atoms with Gasteiger partial charge in [-0.25, -0.2) is 0 Å². The number of carboxylic acid groups (broad SMARTS) is 1. The fourth-order valence-electron chi connectivity index (χ4n) is 3.66. The van der Waals surface area contributed by atoms with Gasteiger partial charge in [-0.15, -0.1) is 11.3 Å². The lowest BCUT2D eigenvalue weighted by Crippen LogP contribution is -2.39. The van der Waals surface area contributed by atoms with E-state index in [1.54, 1.807) is 11.3 Å². The van der Waals surface area contributed by atoms with Gasteiger partial charge in [0.2, 0.25) is 0 Å². The maximum absolute atomic E-state index is 11.7. The number of likely N-dealkylation sites (tertiary alicyclic amines) is 1. The minimum absolute atomic E-state index is 0.0403. The lowest BCUT2D eigenvalue weighted by Gasteiger charge is -2.31. The van der Waals surface area contributed by atoms with Crippen LogP contribution < -0.4 is 0 Å². The summed E-state index contributed by atoms with van der Waals surface area (Å²) in [5.41, 5.74) is 2.08. The molecule has 3 heterocycles. The number of thiophene rings is 1. The van der Waals surface area contributed by atoms with Crippen LogP contribution in [0.5, 0.6) is 0 Å². The van der Waals surface area contributed by atoms with Crippen LogP contribution in [0, 0.1) is 0 Å². The smallest absolute Gasteiger partial charge is 0.320 e. The van der Waals surface area contributed by atoms with Crippen LogP contribution in [-0.4, -0.2) is 33.5 Å². The third kappa shape index (κ3) is 2.60. The van der Waals surface area contributed by atoms with Crippen LogP contribution in [0.2, 0.25) is 0 Å². The molecule has 122 valence electrons. The highest BCUT2D eigenvalue weighted by Gasteiger charge is 2.37. The average Bonchev–Trinajstić information content (AvgIpc) is 3.27. The highest BCUT2D eigenvalue weighted by molar-refractivity contribution is 7.10. The number of hydrogen-bond acceptors (Lipinski definition) is 4. The number of nitrogens with zero attached hydrogens (tertiary/aromatic N) is 2. The second-order valence-electron chi connectivity index (χ2n) is 6.07. The molecule has 3 aromatic rings. The van der Waals surface area contributed by atoms with E-state index in [-0.39, 0.29) is 6.04 Å². The molecular weight excluding hydrogens is 320 g/mol. The van der Waals surface area contributed by atoms with Gasteiger partial charge in [-0.3, -0.25) is 14.7 Å². The second kappa shape index (κ2) is 6.34. The lowest BCUT2D eigenvalue weighted by atomic mass is 9.98. The molecule has 24 heavy (non-hydrogen) atoms. The Kier molecular flexibility index (Phi) is 4.04. The standard InChI is InChI=1S/C19H18N2O2S/c22-19(23)16-7-3-11-21(16)18(17-8-4-12-24-17)14-9-10-20-15-6-2-1-5-13(14)15/h1-2,4-6,8-10,12,16,18H,3,7,11H2,(H,22,23). The summed E-state index contributed by atoms with van der Waals surface area (Å²) < 4.78 is 0. The predicted octanol–water partition coefficient (Wildman–Crippen LogP) is 3.93. The zero-order valence-corrected chi connectivity index (χ0v) is 13.9. The summed E-state index contributed by atoms with van der Waals surface area (Å²) in [7, 11) is 0. The van der Waals surface area contributed by atoms with E-state index < -0.39 is 12.0 Å². The van der Waals surface area contributed by atoms with Gasteiger partial charge >= 0.3 is 5.97 Å². The molecule has 0 bridgehead atoms. The van der Waals surface area contributed by atoms with Crippen molar-refractivity contribution in [1.82, 2.24) is 9.88 Å². The van der Waals surface area contributed by atoms with Gasteiger partial charge in [-0.2, -0.15) is 0 Å². The van der Waals surface area contributed by atoms with E-state index in [1.807, 2.05) is 36.5 Å². The molecule has 0 amide bonds. The molecule has 2 unspecified atom stereocenters. The normalized spacial score (nSPS) is 19.6. The Morgan fingerprint density at radius 2 is 2.12 bits per heavy atom. The number of fused-ring (bicyclic) bond motifs is 1. The Hall–Kier alpha value is -2.24. The van der Waals surface area contributed by atoms with Crippen molar-refractivity contribution in [1.29, 1.82) is 0 Å². The monoisotopic (exact) mass is 338 g/mol. The summed E-state index contributed by atoms with van der Waals surface area (Å²) in [5, 5.41) is 12.8. The summed E-state index contributed by atoms with van der Waals surface area (Å²) in [6.45, 7) is 0.802. The fourth-order valence-corrected chi connectivity index (χ4v) is 4.52. The minimum Gasteiger partial charge on any atom is -0.480 e. The van der Waals surface area contributed by atoms with E-state index in [4.69, 9.17) is 0 Å². The minimum atomic E-state index is -0.729. The SMILES string of the molecule is O=C(O)C1CCCN1C(c1cccs1)c1ccnc2ccccc12. The number of aromatic nitrogens is 1. The largest absolute Gasteiger partial charge is 0.480 e. The molecule has 1 aliphatic rings. The summed E-state index contributed by atoms with van der Waals surface area (Å²) in [6.07, 6.45) is 3.45. The summed E-state index contributed by atoms with van der Waals surface area (Å²) >= 11 is 1.68. The molecule has 4 rings (SSSR count). The molecule has 1 N–H and O–H groups in total. The van der Waals surface area contributed by atoms with Crippen LogP contribution in [0.4, 0.5) is 0 Å². The van der Waals surface area contributed by atoms with Gasteiger partial charge in [0.25, 0.3) is 0 Å². The van der Waals surface area contributed by atoms with Crippen LogP contribution in [0.1, 0.15) is 29.3 Å². The van der Waals surface area contributed by atoms with E-state index in [0.717, 1.165) is 29.4 Å². The number of carboxylic acids is 1. The van der Waals surface area contributed by atoms with Crippen LogP contribution in [0.15, 0.2) is 54.0 Å². The van der Waals surface area contributed by atoms with Crippen LogP contribution in [0.3, 0.4) is 0 Å². The van der Waals surface area contributed by atoms with Crippen molar-refractivity contribution in [3.8, 4) is 0 Å². The number of rotatable bonds is 4. The van der Waals surface area contributed by atoms with Crippen molar-refractivity contribution < 1.29 is 9.90 Å². The van der Waals surface area contributed by atoms with Gasteiger partial charge in [0.05, 0.1) is 11.6 Å². The number of aliphatic carboxylic acids is 1. The molecule has 0 aliphatic carbocycles. The average molecular weight is 338 g/mol. The number of carbonyl (C=O) groups is 1. The number of para-hydroxylation sites is 1. The molecule has 0 radical (unpaired) electrons. The first kappa shape index (κ1) is 15.3. The third-order valence-electron chi connectivity index (χ3n) is 4.70. The van der Waals surface area contributed by atoms with Crippen LogP contribution >= 0.6 is 11.3 Å². The van der Waals surface area contributed by atoms with Crippen molar-refractivity contribution in [2.24, 2.45) is 0 Å². The molecule has 0 saturated carbocycles. The number of hydrogen-bond donors (Lipinski definition) is 1. The van der Waals surface area contributed by atoms with Gasteiger partial charge in [0.15, 0.2) is 0 Å². The zero-order chi connectivity index (χ0) is 16.5. The van der Waals surface area contributed by atoms with Crippen molar-refractivity contribution >= 4 is 28.2 Å². The van der Waals surface area contributed by atoms with E-state index >= 15 is 0 Å². The van der Waals surface area contributed by atoms with Crippen molar-refractivity contribution in [3.05, 3.63) is 64.5 Å².